The molecule has 0 aromatic heterocycles. The Labute approximate surface area is 130 Å². The highest BCUT2D eigenvalue weighted by atomic mass is 16.5. The topological polar surface area (TPSA) is 70.7 Å². The first kappa shape index (κ1) is 16.1. The lowest BCUT2D eigenvalue weighted by Gasteiger charge is -2.15. The molecule has 6 nitrogen and oxygen atoms in total. The molecule has 1 saturated heterocycles. The number of hydrogen-bond donors (Lipinski definition) is 2. The van der Waals surface area contributed by atoms with E-state index in [0.29, 0.717) is 19.5 Å². The van der Waals surface area contributed by atoms with Crippen LogP contribution in [0.2, 0.25) is 0 Å². The number of amides is 3. The Bertz CT molecular complexity index is 545. The summed E-state index contributed by atoms with van der Waals surface area (Å²) in [6.45, 7) is 4.01. The molecule has 0 spiro atoms. The quantitative estimate of drug-likeness (QED) is 0.791. The summed E-state index contributed by atoms with van der Waals surface area (Å²) in [5, 5.41) is 5.62. The number of carbonyl (C=O) groups is 2. The molecule has 1 heterocycles. The summed E-state index contributed by atoms with van der Waals surface area (Å²) in [7, 11) is 1.61. The summed E-state index contributed by atoms with van der Waals surface area (Å²) in [5.74, 6) is 0.983. The zero-order chi connectivity index (χ0) is 15.9. The van der Waals surface area contributed by atoms with Crippen LogP contribution in [0.5, 0.6) is 5.75 Å². The molecule has 1 aromatic carbocycles. The van der Waals surface area contributed by atoms with Gasteiger partial charge < -0.3 is 20.3 Å². The van der Waals surface area contributed by atoms with Crippen LogP contribution in [0.3, 0.4) is 0 Å². The fourth-order valence-corrected chi connectivity index (χ4v) is 2.48. The monoisotopic (exact) mass is 305 g/mol. The van der Waals surface area contributed by atoms with E-state index in [-0.39, 0.29) is 11.9 Å². The summed E-state index contributed by atoms with van der Waals surface area (Å²) in [4.78, 5) is 25.1. The maximum atomic E-state index is 11.8. The van der Waals surface area contributed by atoms with Crippen LogP contribution in [0.1, 0.15) is 24.8 Å². The normalized spacial score (nSPS) is 14.1. The van der Waals surface area contributed by atoms with Gasteiger partial charge in [0.1, 0.15) is 5.75 Å². The number of benzene rings is 1. The highest BCUT2D eigenvalue weighted by Crippen LogP contribution is 2.20. The molecular formula is C16H23N3O3. The Hall–Kier alpha value is -2.24. The van der Waals surface area contributed by atoms with Crippen molar-refractivity contribution in [3.8, 4) is 5.75 Å². The second kappa shape index (κ2) is 7.68. The van der Waals surface area contributed by atoms with E-state index >= 15 is 0 Å². The number of carbonyl (C=O) groups excluding carboxylic acids is 2. The molecule has 3 amide bonds. The molecule has 2 rings (SSSR count). The van der Waals surface area contributed by atoms with Crippen LogP contribution in [0.15, 0.2) is 18.2 Å². The van der Waals surface area contributed by atoms with Gasteiger partial charge in [-0.15, -0.1) is 0 Å². The maximum absolute atomic E-state index is 11.8. The zero-order valence-electron chi connectivity index (χ0n) is 13.1. The van der Waals surface area contributed by atoms with Crippen LogP contribution in [-0.4, -0.2) is 43.6 Å². The minimum absolute atomic E-state index is 0.221. The predicted molar refractivity (Wildman–Crippen MR) is 85.2 cm³/mol. The van der Waals surface area contributed by atoms with Crippen LogP contribution in [0.4, 0.5) is 10.5 Å². The molecule has 120 valence electrons. The van der Waals surface area contributed by atoms with Gasteiger partial charge in [-0.2, -0.15) is 0 Å². The predicted octanol–water partition coefficient (Wildman–Crippen LogP) is 2.14. The van der Waals surface area contributed by atoms with E-state index in [9.17, 15) is 9.59 Å². The average Bonchev–Trinajstić information content (AvgIpc) is 2.91. The number of urea groups is 1. The van der Waals surface area contributed by atoms with Crippen molar-refractivity contribution < 1.29 is 14.3 Å². The molecule has 22 heavy (non-hydrogen) atoms. The summed E-state index contributed by atoms with van der Waals surface area (Å²) < 4.78 is 5.13. The van der Waals surface area contributed by atoms with E-state index in [0.717, 1.165) is 36.4 Å². The van der Waals surface area contributed by atoms with Crippen molar-refractivity contribution in [2.75, 3.05) is 32.1 Å². The van der Waals surface area contributed by atoms with E-state index in [2.05, 4.69) is 10.6 Å². The molecule has 0 aliphatic carbocycles. The van der Waals surface area contributed by atoms with Crippen LogP contribution < -0.4 is 15.4 Å². The first-order chi connectivity index (χ1) is 10.6. The van der Waals surface area contributed by atoms with Crippen molar-refractivity contribution in [3.63, 3.8) is 0 Å². The Morgan fingerprint density at radius 2 is 2.23 bits per heavy atom. The van der Waals surface area contributed by atoms with Gasteiger partial charge in [0, 0.05) is 31.7 Å². The second-order valence-corrected chi connectivity index (χ2v) is 5.40. The number of aryl methyl sites for hydroxylation is 1. The minimum atomic E-state index is -0.235. The number of anilines is 1. The molecule has 1 fully saturated rings. The van der Waals surface area contributed by atoms with Crippen molar-refractivity contribution in [2.24, 2.45) is 0 Å². The molecule has 0 saturated carbocycles. The largest absolute Gasteiger partial charge is 0.497 e. The smallest absolute Gasteiger partial charge is 0.319 e. The fraction of sp³-hybridized carbons (Fsp3) is 0.500. The third kappa shape index (κ3) is 4.38. The minimum Gasteiger partial charge on any atom is -0.497 e. The average molecular weight is 305 g/mol. The Balaban J connectivity index is 1.70. The van der Waals surface area contributed by atoms with E-state index in [1.54, 1.807) is 7.11 Å². The lowest BCUT2D eigenvalue weighted by atomic mass is 10.2. The van der Waals surface area contributed by atoms with Gasteiger partial charge in [-0.05, 0) is 43.5 Å². The van der Waals surface area contributed by atoms with Crippen LogP contribution in [0, 0.1) is 6.92 Å². The summed E-state index contributed by atoms with van der Waals surface area (Å²) >= 11 is 0. The standard InChI is InChI=1S/C16H23N3O3/c1-12-11-13(22-2)6-7-14(12)18-16(21)17-8-4-10-19-9-3-5-15(19)20/h6-7,11H,3-5,8-10H2,1-2H3,(H2,17,18,21). The molecule has 1 aromatic rings. The highest BCUT2D eigenvalue weighted by Gasteiger charge is 2.19. The zero-order valence-corrected chi connectivity index (χ0v) is 13.1. The maximum Gasteiger partial charge on any atom is 0.319 e. The van der Waals surface area contributed by atoms with Gasteiger partial charge in [-0.25, -0.2) is 4.79 Å². The first-order valence-corrected chi connectivity index (χ1v) is 7.57. The molecule has 0 unspecified atom stereocenters. The van der Waals surface area contributed by atoms with Gasteiger partial charge in [0.25, 0.3) is 0 Å². The van der Waals surface area contributed by atoms with Gasteiger partial charge in [0.2, 0.25) is 5.91 Å². The molecule has 1 aliphatic heterocycles. The number of hydrogen-bond acceptors (Lipinski definition) is 3. The third-order valence-corrected chi connectivity index (χ3v) is 3.74. The number of nitrogens with one attached hydrogen (secondary N) is 2. The molecule has 0 atom stereocenters. The SMILES string of the molecule is COc1ccc(NC(=O)NCCCN2CCCC2=O)c(C)c1. The third-order valence-electron chi connectivity index (χ3n) is 3.74. The fourth-order valence-electron chi connectivity index (χ4n) is 2.48. The van der Waals surface area contributed by atoms with Crippen LogP contribution >= 0.6 is 0 Å². The molecular weight excluding hydrogens is 282 g/mol. The van der Waals surface area contributed by atoms with Crippen LogP contribution in [0.25, 0.3) is 0 Å². The van der Waals surface area contributed by atoms with Gasteiger partial charge in [0.05, 0.1) is 7.11 Å². The van der Waals surface area contributed by atoms with E-state index < -0.39 is 0 Å². The van der Waals surface area contributed by atoms with Crippen molar-refractivity contribution in [3.05, 3.63) is 23.8 Å². The summed E-state index contributed by atoms with van der Waals surface area (Å²) in [6.07, 6.45) is 2.37. The van der Waals surface area contributed by atoms with E-state index in [1.165, 1.54) is 0 Å². The number of ether oxygens (including phenoxy) is 1. The van der Waals surface area contributed by atoms with Crippen molar-refractivity contribution in [1.82, 2.24) is 10.2 Å². The molecule has 0 radical (unpaired) electrons. The van der Waals surface area contributed by atoms with Gasteiger partial charge in [-0.3, -0.25) is 4.79 Å². The van der Waals surface area contributed by atoms with Crippen LogP contribution in [-0.2, 0) is 4.79 Å². The van der Waals surface area contributed by atoms with Crippen molar-refractivity contribution in [2.45, 2.75) is 26.2 Å². The van der Waals surface area contributed by atoms with Crippen molar-refractivity contribution >= 4 is 17.6 Å². The van der Waals surface area contributed by atoms with E-state index in [4.69, 9.17) is 4.74 Å². The van der Waals surface area contributed by atoms with Gasteiger partial charge >= 0.3 is 6.03 Å². The first-order valence-electron chi connectivity index (χ1n) is 7.57. The molecule has 6 heteroatoms. The lowest BCUT2D eigenvalue weighted by Crippen LogP contribution is -2.33. The van der Waals surface area contributed by atoms with E-state index in [1.807, 2.05) is 30.0 Å². The summed E-state index contributed by atoms with van der Waals surface area (Å²) in [6, 6.07) is 5.26. The number of methoxy groups -OCH3 is 1. The number of rotatable bonds is 6. The number of nitrogens with zero attached hydrogens (tertiary/aromatic N) is 1. The molecule has 0 bridgehead atoms. The molecule has 1 aliphatic rings. The number of likely N-dealkylation sites (tertiary alicyclic amines) is 1. The Kier molecular flexibility index (Phi) is 5.63. The van der Waals surface area contributed by atoms with Gasteiger partial charge in [0.15, 0.2) is 0 Å². The second-order valence-electron chi connectivity index (χ2n) is 5.40. The van der Waals surface area contributed by atoms with Crippen molar-refractivity contribution in [1.29, 1.82) is 0 Å². The van der Waals surface area contributed by atoms with Gasteiger partial charge in [-0.1, -0.05) is 0 Å². The Morgan fingerprint density at radius 3 is 2.86 bits per heavy atom. The summed E-state index contributed by atoms with van der Waals surface area (Å²) in [5.41, 5.74) is 1.70. The molecule has 2 N–H and O–H groups in total. The Morgan fingerprint density at radius 1 is 1.41 bits per heavy atom. The highest BCUT2D eigenvalue weighted by molar-refractivity contribution is 5.90. The lowest BCUT2D eigenvalue weighted by molar-refractivity contribution is -0.127.